The van der Waals surface area contributed by atoms with Crippen molar-refractivity contribution in [3.8, 4) is 0 Å². The summed E-state index contributed by atoms with van der Waals surface area (Å²) >= 11 is 0. The maximum absolute atomic E-state index is 13.3. The highest BCUT2D eigenvalue weighted by molar-refractivity contribution is 6.09. The number of aromatic nitrogens is 1. The Morgan fingerprint density at radius 3 is 2.50 bits per heavy atom. The van der Waals surface area contributed by atoms with Crippen molar-refractivity contribution in [2.45, 2.75) is 44.2 Å². The van der Waals surface area contributed by atoms with Crippen molar-refractivity contribution >= 4 is 34.8 Å². The van der Waals surface area contributed by atoms with E-state index in [1.165, 1.54) is 0 Å². The van der Waals surface area contributed by atoms with Gasteiger partial charge in [-0.1, -0.05) is 30.3 Å². The molecule has 40 heavy (non-hydrogen) atoms. The lowest BCUT2D eigenvalue weighted by Crippen LogP contribution is -2.62. The number of nitrogens with zero attached hydrogens (tertiary/aromatic N) is 3. The van der Waals surface area contributed by atoms with Crippen LogP contribution in [0.15, 0.2) is 54.6 Å². The third-order valence-corrected chi connectivity index (χ3v) is 8.15. The summed E-state index contributed by atoms with van der Waals surface area (Å²) < 4.78 is 0. The van der Waals surface area contributed by atoms with Gasteiger partial charge in [0.15, 0.2) is 5.54 Å². The second-order valence-corrected chi connectivity index (χ2v) is 10.9. The van der Waals surface area contributed by atoms with E-state index in [-0.39, 0.29) is 25.0 Å². The SMILES string of the molecule is Cc1cc(Cc2ccc(C(=O)NC3CN(C(=O)N4CCCCC4)CC34NC(=O)NC4=O)cc2)c2ccccc2n1. The lowest BCUT2D eigenvalue weighted by Gasteiger charge is -2.31. The maximum Gasteiger partial charge on any atom is 0.322 e. The number of fused-ring (bicyclic) bond motifs is 1. The van der Waals surface area contributed by atoms with E-state index in [0.717, 1.165) is 47.0 Å². The Balaban J connectivity index is 1.18. The molecular formula is C30H32N6O4. The minimum Gasteiger partial charge on any atom is -0.345 e. The Morgan fingerprint density at radius 1 is 1.02 bits per heavy atom. The second kappa shape index (κ2) is 10.3. The number of amides is 6. The Kier molecular flexibility index (Phi) is 6.61. The number of hydrogen-bond acceptors (Lipinski definition) is 5. The van der Waals surface area contributed by atoms with Crippen molar-refractivity contribution in [1.29, 1.82) is 0 Å². The summed E-state index contributed by atoms with van der Waals surface area (Å²) in [7, 11) is 0. The molecule has 2 atom stereocenters. The van der Waals surface area contributed by atoms with E-state index in [9.17, 15) is 19.2 Å². The van der Waals surface area contributed by atoms with Gasteiger partial charge in [0.1, 0.15) is 0 Å². The van der Waals surface area contributed by atoms with Crippen LogP contribution < -0.4 is 16.0 Å². The summed E-state index contributed by atoms with van der Waals surface area (Å²) in [5.41, 5.74) is 3.14. The molecule has 0 bridgehead atoms. The lowest BCUT2D eigenvalue weighted by molar-refractivity contribution is -0.124. The van der Waals surface area contributed by atoms with Gasteiger partial charge in [0.2, 0.25) is 0 Å². The van der Waals surface area contributed by atoms with Gasteiger partial charge in [-0.2, -0.15) is 0 Å². The van der Waals surface area contributed by atoms with E-state index in [2.05, 4.69) is 33.1 Å². The van der Waals surface area contributed by atoms with Crippen LogP contribution in [-0.4, -0.2) is 76.4 Å². The third kappa shape index (κ3) is 4.74. The van der Waals surface area contributed by atoms with Gasteiger partial charge in [-0.25, -0.2) is 9.59 Å². The van der Waals surface area contributed by atoms with E-state index in [1.807, 2.05) is 37.3 Å². The Bertz CT molecular complexity index is 1500. The van der Waals surface area contributed by atoms with Crippen molar-refractivity contribution in [2.24, 2.45) is 0 Å². The molecular weight excluding hydrogens is 508 g/mol. The van der Waals surface area contributed by atoms with Crippen LogP contribution in [0.4, 0.5) is 9.59 Å². The van der Waals surface area contributed by atoms with Crippen LogP contribution >= 0.6 is 0 Å². The highest BCUT2D eigenvalue weighted by Crippen LogP contribution is 2.28. The molecule has 3 N–H and O–H groups in total. The first kappa shape index (κ1) is 25.8. The fraction of sp³-hybridized carbons (Fsp3) is 0.367. The van der Waals surface area contributed by atoms with Gasteiger partial charge in [-0.15, -0.1) is 0 Å². The number of para-hydroxylation sites is 1. The van der Waals surface area contributed by atoms with Crippen LogP contribution in [0.2, 0.25) is 0 Å². The largest absolute Gasteiger partial charge is 0.345 e. The highest BCUT2D eigenvalue weighted by Gasteiger charge is 2.59. The molecule has 0 aliphatic carbocycles. The molecule has 3 aliphatic heterocycles. The first-order valence-corrected chi connectivity index (χ1v) is 13.7. The zero-order valence-corrected chi connectivity index (χ0v) is 22.4. The Morgan fingerprint density at radius 2 is 1.77 bits per heavy atom. The van der Waals surface area contributed by atoms with Gasteiger partial charge < -0.3 is 20.4 Å². The van der Waals surface area contributed by atoms with Gasteiger partial charge >= 0.3 is 12.1 Å². The summed E-state index contributed by atoms with van der Waals surface area (Å²) in [6.45, 7) is 3.44. The lowest BCUT2D eigenvalue weighted by atomic mass is 9.93. The number of nitrogens with one attached hydrogen (secondary N) is 3. The number of pyridine rings is 1. The summed E-state index contributed by atoms with van der Waals surface area (Å²) in [6.07, 6.45) is 3.66. The average molecular weight is 541 g/mol. The molecule has 3 aliphatic rings. The smallest absolute Gasteiger partial charge is 0.322 e. The fourth-order valence-electron chi connectivity index (χ4n) is 6.09. The quantitative estimate of drug-likeness (QED) is 0.439. The van der Waals surface area contributed by atoms with E-state index in [1.54, 1.807) is 21.9 Å². The molecule has 6 amide bonds. The molecule has 10 nitrogen and oxygen atoms in total. The molecule has 1 aromatic heterocycles. The van der Waals surface area contributed by atoms with E-state index in [0.29, 0.717) is 25.1 Å². The topological polar surface area (TPSA) is 124 Å². The molecule has 0 radical (unpaired) electrons. The van der Waals surface area contributed by atoms with Crippen LogP contribution in [0, 0.1) is 6.92 Å². The minimum atomic E-state index is -1.40. The van der Waals surface area contributed by atoms with Gasteiger partial charge in [-0.3, -0.25) is 19.9 Å². The number of likely N-dealkylation sites (tertiary alicyclic amines) is 2. The first-order chi connectivity index (χ1) is 19.3. The number of carbonyl (C=O) groups excluding carboxylic acids is 4. The second-order valence-electron chi connectivity index (χ2n) is 10.9. The molecule has 3 aromatic rings. The zero-order chi connectivity index (χ0) is 27.9. The summed E-state index contributed by atoms with van der Waals surface area (Å²) in [6, 6.07) is 15.9. The molecule has 1 spiro atoms. The van der Waals surface area contributed by atoms with Gasteiger partial charge in [-0.05, 0) is 68.0 Å². The standard InChI is InChI=1S/C30H32N6O4/c1-19-15-22(23-7-3-4-8-24(23)31-19)16-20-9-11-21(12-10-20)26(37)32-25-17-36(29(40)35-13-5-2-6-14-35)18-30(25)27(38)33-28(39)34-30/h3-4,7-12,15,25H,2,5-6,13-14,16-18H2,1H3,(H,32,37)(H2,33,34,38,39). The molecule has 3 saturated heterocycles. The monoisotopic (exact) mass is 540 g/mol. The number of imide groups is 1. The van der Waals surface area contributed by atoms with Crippen LogP contribution in [0.5, 0.6) is 0 Å². The number of piperidine rings is 1. The number of rotatable bonds is 4. The van der Waals surface area contributed by atoms with Crippen molar-refractivity contribution < 1.29 is 19.2 Å². The molecule has 6 rings (SSSR count). The van der Waals surface area contributed by atoms with Crippen molar-refractivity contribution in [2.75, 3.05) is 26.2 Å². The molecule has 10 heteroatoms. The Labute approximate surface area is 232 Å². The molecule has 4 heterocycles. The van der Waals surface area contributed by atoms with E-state index < -0.39 is 23.5 Å². The zero-order valence-electron chi connectivity index (χ0n) is 22.4. The van der Waals surface area contributed by atoms with Crippen LogP contribution in [0.3, 0.4) is 0 Å². The maximum atomic E-state index is 13.3. The van der Waals surface area contributed by atoms with E-state index in [4.69, 9.17) is 0 Å². The number of urea groups is 2. The predicted octanol–water partition coefficient (Wildman–Crippen LogP) is 2.73. The molecule has 3 fully saturated rings. The normalized spacial score (nSPS) is 22.5. The summed E-state index contributed by atoms with van der Waals surface area (Å²) in [4.78, 5) is 59.5. The summed E-state index contributed by atoms with van der Waals surface area (Å²) in [5.74, 6) is -0.908. The molecule has 2 unspecified atom stereocenters. The van der Waals surface area contributed by atoms with Gasteiger partial charge in [0.05, 0.1) is 18.1 Å². The van der Waals surface area contributed by atoms with Crippen LogP contribution in [-0.2, 0) is 11.2 Å². The van der Waals surface area contributed by atoms with Gasteiger partial charge in [0.25, 0.3) is 11.8 Å². The number of benzene rings is 2. The number of hydrogen-bond donors (Lipinski definition) is 3. The van der Waals surface area contributed by atoms with Crippen molar-refractivity contribution in [3.63, 3.8) is 0 Å². The Hall–Kier alpha value is -4.47. The summed E-state index contributed by atoms with van der Waals surface area (Å²) in [5, 5.41) is 9.01. The molecule has 206 valence electrons. The first-order valence-electron chi connectivity index (χ1n) is 13.7. The molecule has 0 saturated carbocycles. The number of aryl methyl sites for hydroxylation is 1. The predicted molar refractivity (Wildman–Crippen MR) is 149 cm³/mol. The van der Waals surface area contributed by atoms with E-state index >= 15 is 0 Å². The fourth-order valence-corrected chi connectivity index (χ4v) is 6.09. The van der Waals surface area contributed by atoms with Crippen LogP contribution in [0.1, 0.15) is 46.4 Å². The van der Waals surface area contributed by atoms with Crippen molar-refractivity contribution in [1.82, 2.24) is 30.7 Å². The highest BCUT2D eigenvalue weighted by atomic mass is 16.2. The average Bonchev–Trinajstić information content (AvgIpc) is 3.46. The van der Waals surface area contributed by atoms with Crippen molar-refractivity contribution in [3.05, 3.63) is 77.0 Å². The van der Waals surface area contributed by atoms with Crippen LogP contribution in [0.25, 0.3) is 10.9 Å². The third-order valence-electron chi connectivity index (χ3n) is 8.15. The van der Waals surface area contributed by atoms with Gasteiger partial charge in [0, 0.05) is 36.3 Å². The number of carbonyl (C=O) groups is 4. The minimum absolute atomic E-state index is 0.00307. The molecule has 2 aromatic carbocycles.